The molecule has 0 bridgehead atoms. The molecule has 1 saturated heterocycles. The van der Waals surface area contributed by atoms with Gasteiger partial charge in [0.25, 0.3) is 5.91 Å². The Morgan fingerprint density at radius 1 is 1.17 bits per heavy atom. The van der Waals surface area contributed by atoms with Crippen LogP contribution in [0.5, 0.6) is 0 Å². The molecule has 148 valence electrons. The van der Waals surface area contributed by atoms with E-state index in [0.717, 1.165) is 42.1 Å². The third-order valence-electron chi connectivity index (χ3n) is 5.30. The van der Waals surface area contributed by atoms with Gasteiger partial charge in [0, 0.05) is 30.4 Å². The third kappa shape index (κ3) is 4.64. The summed E-state index contributed by atoms with van der Waals surface area (Å²) in [6, 6.07) is 7.50. The molecular weight excluding hydrogens is 362 g/mol. The number of fused-ring (bicyclic) bond motifs is 1. The van der Waals surface area contributed by atoms with Crippen molar-refractivity contribution in [3.63, 3.8) is 0 Å². The molecule has 3 heterocycles. The molecular formula is C23H25N5O. The summed E-state index contributed by atoms with van der Waals surface area (Å²) in [5.41, 5.74) is 4.09. The minimum atomic E-state index is -0.0518. The summed E-state index contributed by atoms with van der Waals surface area (Å²) in [5.74, 6) is 6.28. The highest BCUT2D eigenvalue weighted by molar-refractivity contribution is 5.94. The highest BCUT2D eigenvalue weighted by Crippen LogP contribution is 2.12. The quantitative estimate of drug-likeness (QED) is 0.699. The van der Waals surface area contributed by atoms with Gasteiger partial charge in [-0.3, -0.25) is 9.20 Å². The molecule has 0 radical (unpaired) electrons. The van der Waals surface area contributed by atoms with Gasteiger partial charge in [-0.15, -0.1) is 0 Å². The Morgan fingerprint density at radius 2 is 2.03 bits per heavy atom. The summed E-state index contributed by atoms with van der Waals surface area (Å²) in [4.78, 5) is 23.4. The molecule has 1 aliphatic heterocycles. The average Bonchev–Trinajstić information content (AvgIpc) is 3.17. The van der Waals surface area contributed by atoms with Crippen molar-refractivity contribution in [1.82, 2.24) is 24.6 Å². The topological polar surface area (TPSA) is 62.5 Å². The van der Waals surface area contributed by atoms with Crippen molar-refractivity contribution in [3.05, 3.63) is 65.4 Å². The maximum Gasteiger partial charge on any atom is 0.251 e. The Kier molecular flexibility index (Phi) is 5.87. The van der Waals surface area contributed by atoms with Gasteiger partial charge in [0.2, 0.25) is 0 Å². The standard InChI is InChI=1S/C23H25N5O/c1-18-5-6-20(23(29)25-11-14-27-12-3-2-4-13-27)15-19(18)7-8-21-16-26-22-9-10-24-17-28(21)22/h5-6,9-10,15-17H,2-4,11-14H2,1H3,(H,25,29). The molecule has 2 aromatic heterocycles. The van der Waals surface area contributed by atoms with Crippen LogP contribution < -0.4 is 5.32 Å². The molecule has 0 saturated carbocycles. The minimum absolute atomic E-state index is 0.0518. The van der Waals surface area contributed by atoms with E-state index in [0.29, 0.717) is 12.1 Å². The van der Waals surface area contributed by atoms with Crippen molar-refractivity contribution in [2.24, 2.45) is 0 Å². The third-order valence-corrected chi connectivity index (χ3v) is 5.30. The van der Waals surface area contributed by atoms with Gasteiger partial charge in [-0.2, -0.15) is 0 Å². The Balaban J connectivity index is 1.44. The summed E-state index contributed by atoms with van der Waals surface area (Å²) in [6.07, 6.45) is 8.98. The molecule has 6 nitrogen and oxygen atoms in total. The fourth-order valence-corrected chi connectivity index (χ4v) is 3.57. The van der Waals surface area contributed by atoms with E-state index in [1.54, 1.807) is 18.7 Å². The summed E-state index contributed by atoms with van der Waals surface area (Å²) in [7, 11) is 0. The van der Waals surface area contributed by atoms with Gasteiger partial charge in [-0.05, 0) is 62.5 Å². The van der Waals surface area contributed by atoms with Crippen molar-refractivity contribution in [2.75, 3.05) is 26.2 Å². The number of amides is 1. The first-order chi connectivity index (χ1) is 14.2. The second kappa shape index (κ2) is 8.89. The number of carbonyl (C=O) groups excluding carboxylic acids is 1. The largest absolute Gasteiger partial charge is 0.351 e. The lowest BCUT2D eigenvalue weighted by molar-refractivity contribution is 0.0946. The molecule has 1 aliphatic rings. The Hall–Kier alpha value is -3.17. The van der Waals surface area contributed by atoms with E-state index in [4.69, 9.17) is 0 Å². The van der Waals surface area contributed by atoms with Crippen LogP contribution in [0.25, 0.3) is 5.65 Å². The second-order valence-corrected chi connectivity index (χ2v) is 7.39. The van der Waals surface area contributed by atoms with E-state index in [1.165, 1.54) is 19.3 Å². The first-order valence-electron chi connectivity index (χ1n) is 10.1. The van der Waals surface area contributed by atoms with Gasteiger partial charge in [0.1, 0.15) is 17.7 Å². The van der Waals surface area contributed by atoms with Crippen LogP contribution in [0.1, 0.15) is 46.4 Å². The van der Waals surface area contributed by atoms with E-state index in [1.807, 2.05) is 35.6 Å². The zero-order valence-corrected chi connectivity index (χ0v) is 16.7. The lowest BCUT2D eigenvalue weighted by atomic mass is 10.0. The fraction of sp³-hybridized carbons (Fsp3) is 0.348. The van der Waals surface area contributed by atoms with E-state index >= 15 is 0 Å². The number of nitrogens with zero attached hydrogens (tertiary/aromatic N) is 4. The van der Waals surface area contributed by atoms with Crippen LogP contribution >= 0.6 is 0 Å². The van der Waals surface area contributed by atoms with Crippen molar-refractivity contribution in [3.8, 4) is 11.8 Å². The van der Waals surface area contributed by atoms with Crippen LogP contribution in [0.3, 0.4) is 0 Å². The van der Waals surface area contributed by atoms with E-state index < -0.39 is 0 Å². The maximum atomic E-state index is 12.6. The van der Waals surface area contributed by atoms with Crippen LogP contribution in [0, 0.1) is 18.8 Å². The number of hydrogen-bond acceptors (Lipinski definition) is 4. The molecule has 1 aromatic carbocycles. The van der Waals surface area contributed by atoms with Crippen LogP contribution in [-0.2, 0) is 0 Å². The molecule has 4 rings (SSSR count). The SMILES string of the molecule is Cc1ccc(C(=O)NCCN2CCCCC2)cc1C#Cc1cnc2ccncn12. The van der Waals surface area contributed by atoms with Crippen LogP contribution in [0.2, 0.25) is 0 Å². The molecule has 1 fully saturated rings. The van der Waals surface area contributed by atoms with Crippen molar-refractivity contribution in [2.45, 2.75) is 26.2 Å². The van der Waals surface area contributed by atoms with Crippen molar-refractivity contribution < 1.29 is 4.79 Å². The molecule has 6 heteroatoms. The number of likely N-dealkylation sites (tertiary alicyclic amines) is 1. The van der Waals surface area contributed by atoms with Gasteiger partial charge in [-0.25, -0.2) is 9.97 Å². The molecule has 29 heavy (non-hydrogen) atoms. The molecule has 0 unspecified atom stereocenters. The van der Waals surface area contributed by atoms with Gasteiger partial charge in [0.15, 0.2) is 0 Å². The van der Waals surface area contributed by atoms with Crippen LogP contribution in [0.4, 0.5) is 0 Å². The van der Waals surface area contributed by atoms with Gasteiger partial charge in [0.05, 0.1) is 6.20 Å². The number of hydrogen-bond donors (Lipinski definition) is 1. The first kappa shape index (κ1) is 19.2. The van der Waals surface area contributed by atoms with E-state index in [-0.39, 0.29) is 5.91 Å². The minimum Gasteiger partial charge on any atom is -0.351 e. The highest BCUT2D eigenvalue weighted by atomic mass is 16.1. The number of carbonyl (C=O) groups is 1. The molecule has 1 amide bonds. The predicted molar refractivity (Wildman–Crippen MR) is 113 cm³/mol. The van der Waals surface area contributed by atoms with Gasteiger partial charge < -0.3 is 10.2 Å². The zero-order valence-electron chi connectivity index (χ0n) is 16.7. The van der Waals surface area contributed by atoms with Crippen LogP contribution in [-0.4, -0.2) is 51.4 Å². The Morgan fingerprint density at radius 3 is 2.90 bits per heavy atom. The number of rotatable bonds is 4. The number of aromatic nitrogens is 3. The lowest BCUT2D eigenvalue weighted by Gasteiger charge is -2.26. The van der Waals surface area contributed by atoms with Crippen molar-refractivity contribution in [1.29, 1.82) is 0 Å². The van der Waals surface area contributed by atoms with E-state index in [9.17, 15) is 4.79 Å². The highest BCUT2D eigenvalue weighted by Gasteiger charge is 2.11. The van der Waals surface area contributed by atoms with Gasteiger partial charge >= 0.3 is 0 Å². The summed E-state index contributed by atoms with van der Waals surface area (Å²) in [6.45, 7) is 5.85. The molecule has 1 N–H and O–H groups in total. The summed E-state index contributed by atoms with van der Waals surface area (Å²) >= 11 is 0. The van der Waals surface area contributed by atoms with Gasteiger partial charge in [-0.1, -0.05) is 18.4 Å². The lowest BCUT2D eigenvalue weighted by Crippen LogP contribution is -2.37. The molecule has 3 aromatic rings. The van der Waals surface area contributed by atoms with Crippen molar-refractivity contribution >= 4 is 11.6 Å². The normalized spacial score (nSPS) is 14.4. The zero-order chi connectivity index (χ0) is 20.1. The summed E-state index contributed by atoms with van der Waals surface area (Å²) in [5, 5.41) is 3.04. The maximum absolute atomic E-state index is 12.6. The number of nitrogens with one attached hydrogen (secondary N) is 1. The smallest absolute Gasteiger partial charge is 0.251 e. The molecule has 0 spiro atoms. The Bertz CT molecular complexity index is 1070. The number of piperidine rings is 1. The average molecular weight is 387 g/mol. The first-order valence-corrected chi connectivity index (χ1v) is 10.1. The summed E-state index contributed by atoms with van der Waals surface area (Å²) < 4.78 is 1.85. The van der Waals surface area contributed by atoms with Crippen LogP contribution in [0.15, 0.2) is 43.0 Å². The fourth-order valence-electron chi connectivity index (χ4n) is 3.57. The number of imidazole rings is 1. The Labute approximate surface area is 171 Å². The number of aryl methyl sites for hydroxylation is 1. The second-order valence-electron chi connectivity index (χ2n) is 7.39. The molecule has 0 aliphatic carbocycles. The van der Waals surface area contributed by atoms with E-state index in [2.05, 4.69) is 32.0 Å². The number of benzene rings is 1. The predicted octanol–water partition coefficient (Wildman–Crippen LogP) is 2.65. The molecule has 0 atom stereocenters. The monoisotopic (exact) mass is 387 g/mol.